The van der Waals surface area contributed by atoms with E-state index in [1.165, 1.54) is 13.2 Å². The Morgan fingerprint density at radius 3 is 2.50 bits per heavy atom. The van der Waals surface area contributed by atoms with E-state index >= 15 is 0 Å². The minimum Gasteiger partial charge on any atom is -0.506 e. The van der Waals surface area contributed by atoms with Gasteiger partial charge in [0.2, 0.25) is 5.43 Å². The first-order valence-corrected chi connectivity index (χ1v) is 11.9. The minimum absolute atomic E-state index is 0.00371. The number of fused-ring (bicyclic) bond motifs is 7. The van der Waals surface area contributed by atoms with Crippen LogP contribution in [0.1, 0.15) is 22.8 Å². The fourth-order valence-corrected chi connectivity index (χ4v) is 5.98. The highest BCUT2D eigenvalue weighted by molar-refractivity contribution is 6.23. The number of amides is 1. The largest absolute Gasteiger partial charge is 0.506 e. The number of nitrogens with zero attached hydrogens (tertiary/aromatic N) is 1. The zero-order valence-electron chi connectivity index (χ0n) is 20.3. The second-order valence-corrected chi connectivity index (χ2v) is 9.86. The number of ether oxygens (including phenoxy) is 2. The van der Waals surface area contributed by atoms with E-state index in [1.807, 2.05) is 6.92 Å². The maximum Gasteiger partial charge on any atom is 0.260 e. The van der Waals surface area contributed by atoms with Crippen molar-refractivity contribution in [1.82, 2.24) is 4.90 Å². The van der Waals surface area contributed by atoms with E-state index < -0.39 is 28.6 Å². The van der Waals surface area contributed by atoms with Gasteiger partial charge in [-0.1, -0.05) is 6.07 Å². The summed E-state index contributed by atoms with van der Waals surface area (Å²) in [6.45, 7) is 2.59. The van der Waals surface area contributed by atoms with Crippen molar-refractivity contribution in [2.24, 2.45) is 0 Å². The van der Waals surface area contributed by atoms with Gasteiger partial charge in [-0.15, -0.1) is 0 Å². The number of carbonyl (C=O) groups excluding carboxylic acids is 1. The molecule has 1 aromatic heterocycles. The molecule has 4 N–H and O–H groups in total. The second kappa shape index (κ2) is 7.20. The Balaban J connectivity index is 1.62. The predicted molar refractivity (Wildman–Crippen MR) is 137 cm³/mol. The van der Waals surface area contributed by atoms with Crippen LogP contribution in [-0.4, -0.2) is 57.2 Å². The maximum absolute atomic E-state index is 13.5. The molecule has 10 heteroatoms. The molecule has 2 aliphatic rings. The second-order valence-electron chi connectivity index (χ2n) is 9.86. The highest BCUT2D eigenvalue weighted by Crippen LogP contribution is 2.49. The smallest absolute Gasteiger partial charge is 0.260 e. The summed E-state index contributed by atoms with van der Waals surface area (Å²) < 4.78 is 16.7. The molecular formula is C28H21NO9. The zero-order valence-corrected chi connectivity index (χ0v) is 20.3. The lowest BCUT2D eigenvalue weighted by Crippen LogP contribution is -2.51. The average Bonchev–Trinajstić information content (AvgIpc) is 3.28. The summed E-state index contributed by atoms with van der Waals surface area (Å²) in [7, 11) is 1.34. The van der Waals surface area contributed by atoms with Crippen LogP contribution in [-0.2, 0) is 11.2 Å². The summed E-state index contributed by atoms with van der Waals surface area (Å²) in [5.41, 5.74) is -1.06. The standard InChI is InChI=1S/C28H21NO9/c1-28-10-12-7-11-3-4-13-20(18(11)24(33)19(12)27(35)29(28)5-6-37-28)25(34)21-22(31)14-8-15(30)17(36-2)9-16(14)38-26(21)23(13)32/h3-4,7-9,30,32-34H,5-6,10H2,1-2H3/t28-/m1/s1. The molecule has 1 atom stereocenters. The number of carbonyl (C=O) groups is 1. The quantitative estimate of drug-likeness (QED) is 0.148. The van der Waals surface area contributed by atoms with E-state index in [1.54, 1.807) is 23.1 Å². The van der Waals surface area contributed by atoms with Crippen LogP contribution in [0.4, 0.5) is 0 Å². The lowest BCUT2D eigenvalue weighted by atomic mass is 9.87. The third-order valence-corrected chi connectivity index (χ3v) is 7.77. The molecular weight excluding hydrogens is 494 g/mol. The van der Waals surface area contributed by atoms with Crippen molar-refractivity contribution in [3.05, 3.63) is 51.7 Å². The summed E-state index contributed by atoms with van der Waals surface area (Å²) in [5.74, 6) is -1.95. The van der Waals surface area contributed by atoms with Crippen LogP contribution in [0.15, 0.2) is 39.5 Å². The van der Waals surface area contributed by atoms with Gasteiger partial charge in [-0.05, 0) is 36.1 Å². The highest BCUT2D eigenvalue weighted by Gasteiger charge is 2.47. The first-order valence-electron chi connectivity index (χ1n) is 11.9. The van der Waals surface area contributed by atoms with Crippen molar-refractivity contribution >= 4 is 49.4 Å². The summed E-state index contributed by atoms with van der Waals surface area (Å²) in [6.07, 6.45) is 0.368. The van der Waals surface area contributed by atoms with E-state index in [9.17, 15) is 30.0 Å². The zero-order chi connectivity index (χ0) is 26.7. The Morgan fingerprint density at radius 2 is 1.74 bits per heavy atom. The molecule has 0 radical (unpaired) electrons. The molecule has 1 saturated heterocycles. The SMILES string of the molecule is COc1cc2oc3c(O)c4ccc5cc6c(c(O)c5c4c(O)c3c(=O)c2cc1O)C(=O)N1CCO[C@]1(C)C6. The van der Waals surface area contributed by atoms with Crippen molar-refractivity contribution in [2.75, 3.05) is 20.3 Å². The number of methoxy groups -OCH3 is 1. The Kier molecular flexibility index (Phi) is 4.26. The minimum atomic E-state index is -0.814. The summed E-state index contributed by atoms with van der Waals surface area (Å²) in [6, 6.07) is 7.42. The van der Waals surface area contributed by atoms with E-state index in [-0.39, 0.29) is 60.9 Å². The Bertz CT molecular complexity index is 1980. The lowest BCUT2D eigenvalue weighted by Gasteiger charge is -2.39. The van der Waals surface area contributed by atoms with Crippen molar-refractivity contribution in [3.8, 4) is 28.7 Å². The first-order chi connectivity index (χ1) is 18.1. The molecule has 0 aliphatic carbocycles. The third kappa shape index (κ3) is 2.64. The number of hydrogen-bond acceptors (Lipinski definition) is 9. The number of aromatic hydroxyl groups is 4. The van der Waals surface area contributed by atoms with E-state index in [2.05, 4.69) is 0 Å². The fraction of sp³-hybridized carbons (Fsp3) is 0.214. The monoisotopic (exact) mass is 515 g/mol. The van der Waals surface area contributed by atoms with Crippen LogP contribution in [0.2, 0.25) is 0 Å². The Hall–Kier alpha value is -4.70. The molecule has 3 heterocycles. The number of rotatable bonds is 1. The van der Waals surface area contributed by atoms with Crippen LogP contribution < -0.4 is 10.2 Å². The van der Waals surface area contributed by atoms with Gasteiger partial charge in [-0.2, -0.15) is 0 Å². The molecule has 192 valence electrons. The summed E-state index contributed by atoms with van der Waals surface area (Å²) in [4.78, 5) is 28.5. The van der Waals surface area contributed by atoms with E-state index in [4.69, 9.17) is 13.9 Å². The van der Waals surface area contributed by atoms with Gasteiger partial charge in [-0.25, -0.2) is 0 Å². The molecule has 0 unspecified atom stereocenters. The molecule has 0 bridgehead atoms. The van der Waals surface area contributed by atoms with Gasteiger partial charge in [0.15, 0.2) is 22.8 Å². The Morgan fingerprint density at radius 1 is 0.947 bits per heavy atom. The number of phenols is 4. The predicted octanol–water partition coefficient (Wildman–Crippen LogP) is 3.83. The van der Waals surface area contributed by atoms with Gasteiger partial charge in [0, 0.05) is 35.2 Å². The van der Waals surface area contributed by atoms with Crippen LogP contribution in [0.5, 0.6) is 28.7 Å². The molecule has 0 spiro atoms. The van der Waals surface area contributed by atoms with Crippen molar-refractivity contribution < 1.29 is 39.1 Å². The molecule has 4 aromatic carbocycles. The molecule has 38 heavy (non-hydrogen) atoms. The topological polar surface area (TPSA) is 150 Å². The third-order valence-electron chi connectivity index (χ3n) is 7.77. The number of phenolic OH excluding ortho intramolecular Hbond substituents is 4. The van der Waals surface area contributed by atoms with Gasteiger partial charge in [0.1, 0.15) is 28.2 Å². The molecule has 1 amide bonds. The summed E-state index contributed by atoms with van der Waals surface area (Å²) >= 11 is 0. The molecule has 7 rings (SSSR count). The van der Waals surface area contributed by atoms with E-state index in [0.717, 1.165) is 6.07 Å². The normalized spacial score (nSPS) is 19.0. The Labute approximate surface area is 213 Å². The fourth-order valence-electron chi connectivity index (χ4n) is 5.98. The molecule has 0 saturated carbocycles. The van der Waals surface area contributed by atoms with Gasteiger partial charge < -0.3 is 39.2 Å². The van der Waals surface area contributed by atoms with Crippen molar-refractivity contribution in [2.45, 2.75) is 19.1 Å². The highest BCUT2D eigenvalue weighted by atomic mass is 16.5. The average molecular weight is 515 g/mol. The number of hydrogen-bond donors (Lipinski definition) is 4. The van der Waals surface area contributed by atoms with Crippen molar-refractivity contribution in [3.63, 3.8) is 0 Å². The van der Waals surface area contributed by atoms with Gasteiger partial charge in [-0.3, -0.25) is 9.59 Å². The van der Waals surface area contributed by atoms with Crippen LogP contribution >= 0.6 is 0 Å². The van der Waals surface area contributed by atoms with Gasteiger partial charge in [0.25, 0.3) is 5.91 Å². The lowest BCUT2D eigenvalue weighted by molar-refractivity contribution is -0.0568. The maximum atomic E-state index is 13.5. The molecule has 1 fully saturated rings. The van der Waals surface area contributed by atoms with Crippen LogP contribution in [0, 0.1) is 0 Å². The first kappa shape index (κ1) is 22.5. The number of benzene rings is 4. The van der Waals surface area contributed by atoms with Crippen molar-refractivity contribution in [1.29, 1.82) is 0 Å². The molecule has 2 aliphatic heterocycles. The van der Waals surface area contributed by atoms with Crippen LogP contribution in [0.25, 0.3) is 43.5 Å². The molecule has 10 nitrogen and oxygen atoms in total. The molecule has 5 aromatic rings. The van der Waals surface area contributed by atoms with Gasteiger partial charge >= 0.3 is 0 Å². The van der Waals surface area contributed by atoms with Crippen LogP contribution in [0.3, 0.4) is 0 Å². The summed E-state index contributed by atoms with van der Waals surface area (Å²) in [5, 5.41) is 44.7. The van der Waals surface area contributed by atoms with Gasteiger partial charge in [0.05, 0.1) is 24.7 Å². The van der Waals surface area contributed by atoms with E-state index in [0.29, 0.717) is 30.5 Å².